The summed E-state index contributed by atoms with van der Waals surface area (Å²) in [6.45, 7) is 0. The fraction of sp³-hybridized carbons (Fsp3) is 0.235. The molecule has 0 N–H and O–H groups in total. The molecule has 0 spiro atoms. The van der Waals surface area contributed by atoms with Crippen molar-refractivity contribution >= 4 is 9.84 Å². The number of rotatable bonds is 6. The first-order valence-corrected chi connectivity index (χ1v) is 9.29. The smallest absolute Gasteiger partial charge is 0.166 e. The molecular formula is C17H18N4O2S. The van der Waals surface area contributed by atoms with E-state index in [2.05, 4.69) is 15.5 Å². The van der Waals surface area contributed by atoms with Crippen LogP contribution in [0, 0.1) is 0 Å². The molecule has 0 bridgehead atoms. The van der Waals surface area contributed by atoms with E-state index >= 15 is 0 Å². The lowest BCUT2D eigenvalue weighted by Crippen LogP contribution is -2.20. The van der Waals surface area contributed by atoms with E-state index in [1.165, 1.54) is 4.68 Å². The van der Waals surface area contributed by atoms with Crippen molar-refractivity contribution in [3.63, 3.8) is 0 Å². The largest absolute Gasteiger partial charge is 0.232 e. The maximum absolute atomic E-state index is 13.0. The Hall–Kier alpha value is -2.54. The highest BCUT2D eigenvalue weighted by atomic mass is 32.2. The van der Waals surface area contributed by atoms with Gasteiger partial charge >= 0.3 is 0 Å². The average molecular weight is 342 g/mol. The highest BCUT2D eigenvalue weighted by Crippen LogP contribution is 2.29. The van der Waals surface area contributed by atoms with Gasteiger partial charge in [0.1, 0.15) is 5.75 Å². The van der Waals surface area contributed by atoms with Crippen LogP contribution in [0.25, 0.3) is 0 Å². The molecular weight excluding hydrogens is 324 g/mol. The predicted octanol–water partition coefficient (Wildman–Crippen LogP) is 2.11. The minimum Gasteiger partial charge on any atom is -0.232 e. The Morgan fingerprint density at radius 1 is 1.00 bits per heavy atom. The molecule has 0 aliphatic heterocycles. The summed E-state index contributed by atoms with van der Waals surface area (Å²) in [6, 6.07) is 18.9. The van der Waals surface area contributed by atoms with Crippen molar-refractivity contribution in [1.82, 2.24) is 20.2 Å². The maximum Gasteiger partial charge on any atom is 0.166 e. The van der Waals surface area contributed by atoms with E-state index in [1.807, 2.05) is 60.7 Å². The third-order valence-corrected chi connectivity index (χ3v) is 5.87. The number of sulfone groups is 1. The van der Waals surface area contributed by atoms with Crippen LogP contribution in [-0.4, -0.2) is 28.6 Å². The Morgan fingerprint density at radius 3 is 2.21 bits per heavy atom. The van der Waals surface area contributed by atoms with Crippen LogP contribution < -0.4 is 0 Å². The predicted molar refractivity (Wildman–Crippen MR) is 90.8 cm³/mol. The van der Waals surface area contributed by atoms with Gasteiger partial charge < -0.3 is 0 Å². The molecule has 0 radical (unpaired) electrons. The van der Waals surface area contributed by atoms with Gasteiger partial charge in [0.15, 0.2) is 15.7 Å². The molecule has 3 rings (SSSR count). The molecule has 24 heavy (non-hydrogen) atoms. The summed E-state index contributed by atoms with van der Waals surface area (Å²) in [5.74, 6) is 0.145. The van der Waals surface area contributed by atoms with E-state index in [-0.39, 0.29) is 5.75 Å². The lowest BCUT2D eigenvalue weighted by atomic mass is 10.0. The van der Waals surface area contributed by atoms with Crippen molar-refractivity contribution < 1.29 is 8.42 Å². The highest BCUT2D eigenvalue weighted by Gasteiger charge is 2.29. The first-order chi connectivity index (χ1) is 11.6. The Morgan fingerprint density at radius 2 is 1.62 bits per heavy atom. The van der Waals surface area contributed by atoms with Crippen LogP contribution in [0.2, 0.25) is 0 Å². The summed E-state index contributed by atoms with van der Waals surface area (Å²) in [5.41, 5.74) is 1.75. The average Bonchev–Trinajstić information content (AvgIpc) is 2.98. The normalized spacial score (nSPS) is 12.9. The second-order valence-electron chi connectivity index (χ2n) is 5.61. The van der Waals surface area contributed by atoms with Gasteiger partial charge in [-0.25, -0.2) is 13.1 Å². The Bertz CT molecular complexity index is 893. The molecule has 0 aliphatic rings. The highest BCUT2D eigenvalue weighted by molar-refractivity contribution is 7.90. The fourth-order valence-corrected chi connectivity index (χ4v) is 4.42. The molecule has 0 amide bonds. The Balaban J connectivity index is 1.96. The number of aromatic nitrogens is 4. The molecule has 0 fully saturated rings. The molecule has 7 heteroatoms. The molecule has 0 aliphatic carbocycles. The fourth-order valence-electron chi connectivity index (χ4n) is 2.60. The van der Waals surface area contributed by atoms with Crippen molar-refractivity contribution in [1.29, 1.82) is 0 Å². The lowest BCUT2D eigenvalue weighted by molar-refractivity contribution is 0.575. The first-order valence-electron chi connectivity index (χ1n) is 7.58. The molecule has 6 nitrogen and oxygen atoms in total. The third-order valence-electron chi connectivity index (χ3n) is 3.91. The quantitative estimate of drug-likeness (QED) is 0.685. The van der Waals surface area contributed by atoms with Crippen LogP contribution in [0.15, 0.2) is 60.7 Å². The molecule has 2 aromatic carbocycles. The van der Waals surface area contributed by atoms with Gasteiger partial charge in [0.25, 0.3) is 0 Å². The maximum atomic E-state index is 13.0. The van der Waals surface area contributed by atoms with Gasteiger partial charge in [0, 0.05) is 7.05 Å². The number of benzene rings is 2. The van der Waals surface area contributed by atoms with Crippen LogP contribution >= 0.6 is 0 Å². The minimum absolute atomic E-state index is 0.192. The van der Waals surface area contributed by atoms with Gasteiger partial charge in [-0.1, -0.05) is 60.7 Å². The molecule has 1 unspecified atom stereocenters. The van der Waals surface area contributed by atoms with Crippen molar-refractivity contribution in [3.05, 3.63) is 77.6 Å². The number of hydrogen-bond acceptors (Lipinski definition) is 5. The van der Waals surface area contributed by atoms with Crippen molar-refractivity contribution in [2.75, 3.05) is 0 Å². The molecule has 124 valence electrons. The van der Waals surface area contributed by atoms with Gasteiger partial charge in [-0.3, -0.25) is 0 Å². The SMILES string of the molecule is Cn1nnnc1CS(=O)(=O)C(Cc1ccccc1)c1ccccc1. The second-order valence-corrected chi connectivity index (χ2v) is 7.80. The van der Waals surface area contributed by atoms with Gasteiger partial charge in [0.2, 0.25) is 0 Å². The summed E-state index contributed by atoms with van der Waals surface area (Å²) in [6.07, 6.45) is 0.415. The molecule has 0 saturated heterocycles. The molecule has 0 saturated carbocycles. The zero-order chi connectivity index (χ0) is 17.0. The molecule has 1 atom stereocenters. The van der Waals surface area contributed by atoms with Crippen LogP contribution in [0.1, 0.15) is 22.2 Å². The van der Waals surface area contributed by atoms with Crippen LogP contribution in [0.3, 0.4) is 0 Å². The summed E-state index contributed by atoms with van der Waals surface area (Å²) < 4.78 is 27.5. The number of hydrogen-bond donors (Lipinski definition) is 0. The van der Waals surface area contributed by atoms with Gasteiger partial charge in [-0.05, 0) is 28.0 Å². The zero-order valence-corrected chi connectivity index (χ0v) is 14.1. The number of tetrazole rings is 1. The minimum atomic E-state index is -3.48. The van der Waals surface area contributed by atoms with Gasteiger partial charge in [0.05, 0.1) is 5.25 Å². The van der Waals surface area contributed by atoms with Crippen molar-refractivity contribution in [3.8, 4) is 0 Å². The molecule has 3 aromatic rings. The Kier molecular flexibility index (Phi) is 4.71. The monoisotopic (exact) mass is 342 g/mol. The summed E-state index contributed by atoms with van der Waals surface area (Å²) in [4.78, 5) is 0. The summed E-state index contributed by atoms with van der Waals surface area (Å²) in [7, 11) is -1.84. The Labute approximate surface area is 141 Å². The van der Waals surface area contributed by atoms with Crippen LogP contribution in [0.4, 0.5) is 0 Å². The number of aryl methyl sites for hydroxylation is 1. The summed E-state index contributed by atoms with van der Waals surface area (Å²) in [5, 5.41) is 10.4. The van der Waals surface area contributed by atoms with Gasteiger partial charge in [-0.2, -0.15) is 0 Å². The lowest BCUT2D eigenvalue weighted by Gasteiger charge is -2.18. The van der Waals surface area contributed by atoms with Crippen LogP contribution in [0.5, 0.6) is 0 Å². The molecule has 1 heterocycles. The summed E-state index contributed by atoms with van der Waals surface area (Å²) >= 11 is 0. The van der Waals surface area contributed by atoms with E-state index in [4.69, 9.17) is 0 Å². The first kappa shape index (κ1) is 16.3. The van der Waals surface area contributed by atoms with E-state index in [0.717, 1.165) is 11.1 Å². The van der Waals surface area contributed by atoms with Gasteiger partial charge in [-0.15, -0.1) is 5.10 Å². The standard InChI is InChI=1S/C17H18N4O2S/c1-21-17(18-19-20-21)13-24(22,23)16(15-10-6-3-7-11-15)12-14-8-4-2-5-9-14/h2-11,16H,12-13H2,1H3. The van der Waals surface area contributed by atoms with Crippen molar-refractivity contribution in [2.24, 2.45) is 7.05 Å². The van der Waals surface area contributed by atoms with Crippen molar-refractivity contribution in [2.45, 2.75) is 17.4 Å². The van der Waals surface area contributed by atoms with E-state index in [1.54, 1.807) is 7.05 Å². The number of nitrogens with zero attached hydrogens (tertiary/aromatic N) is 4. The topological polar surface area (TPSA) is 77.7 Å². The van der Waals surface area contributed by atoms with E-state index in [0.29, 0.717) is 12.2 Å². The third kappa shape index (κ3) is 3.68. The van der Waals surface area contributed by atoms with Crippen LogP contribution in [-0.2, 0) is 29.1 Å². The zero-order valence-electron chi connectivity index (χ0n) is 13.3. The molecule has 1 aromatic heterocycles. The van der Waals surface area contributed by atoms with E-state index < -0.39 is 15.1 Å². The second kappa shape index (κ2) is 6.92. The van der Waals surface area contributed by atoms with E-state index in [9.17, 15) is 8.42 Å².